The van der Waals surface area contributed by atoms with Crippen molar-refractivity contribution in [3.05, 3.63) is 73.9 Å². The molecule has 0 radical (unpaired) electrons. The Hall–Kier alpha value is -1.31. The zero-order chi connectivity index (χ0) is 13.4. The maximum atomic E-state index is 6.83. The van der Waals surface area contributed by atoms with Crippen LogP contribution in [0.4, 0.5) is 0 Å². The van der Waals surface area contributed by atoms with E-state index in [1.165, 1.54) is 5.56 Å². The molecule has 1 rings (SSSR count). The van der Waals surface area contributed by atoms with Crippen molar-refractivity contribution in [1.82, 2.24) is 6.15 Å². The van der Waals surface area contributed by atoms with Gasteiger partial charge in [0, 0.05) is 5.92 Å². The first-order chi connectivity index (χ1) is 8.68. The van der Waals surface area contributed by atoms with Crippen LogP contribution in [-0.4, -0.2) is 4.87 Å². The largest absolute Gasteiger partial charge is 0.344 e. The molecule has 3 N–H and O–H groups in total. The minimum absolute atomic E-state index is 0. The lowest BCUT2D eigenvalue weighted by molar-refractivity contribution is 0.471. The second-order valence-electron chi connectivity index (χ2n) is 4.51. The van der Waals surface area contributed by atoms with Crippen molar-refractivity contribution in [1.29, 1.82) is 0 Å². The van der Waals surface area contributed by atoms with Crippen molar-refractivity contribution in [2.75, 3.05) is 0 Å². The monoisotopic (exact) mass is 277 g/mol. The van der Waals surface area contributed by atoms with Crippen molar-refractivity contribution in [3.63, 3.8) is 0 Å². The molecule has 0 saturated heterocycles. The molecule has 2 heteroatoms. The molecule has 1 atom stereocenters. The molecule has 104 valence electrons. The highest BCUT2D eigenvalue weighted by Crippen LogP contribution is 2.42. The Morgan fingerprint density at radius 3 is 1.95 bits per heavy atom. The molecule has 1 nitrogen and oxygen atoms in total. The van der Waals surface area contributed by atoms with E-state index >= 15 is 0 Å². The third-order valence-electron chi connectivity index (χ3n) is 3.20. The van der Waals surface area contributed by atoms with Gasteiger partial charge in [-0.3, -0.25) is 0 Å². The summed E-state index contributed by atoms with van der Waals surface area (Å²) in [5.41, 5.74) is 1.25. The van der Waals surface area contributed by atoms with Gasteiger partial charge in [-0.05, 0) is 24.8 Å². The fourth-order valence-corrected chi connectivity index (χ4v) is 2.78. The normalized spacial score (nSPS) is 12.1. The van der Waals surface area contributed by atoms with Gasteiger partial charge in [-0.1, -0.05) is 48.6 Å². The van der Waals surface area contributed by atoms with Crippen LogP contribution in [-0.2, 0) is 0 Å². The fraction of sp³-hybridized carbons (Fsp3) is 0.294. The molecule has 1 aromatic carbocycles. The molecule has 0 amide bonds. The summed E-state index contributed by atoms with van der Waals surface area (Å²) in [5.74, 6) is 0.230. The number of rotatable bonds is 8. The summed E-state index contributed by atoms with van der Waals surface area (Å²) >= 11 is 6.83. The van der Waals surface area contributed by atoms with E-state index in [1.54, 1.807) is 0 Å². The summed E-state index contributed by atoms with van der Waals surface area (Å²) in [5, 5.41) is 0. The van der Waals surface area contributed by atoms with E-state index in [0.717, 1.165) is 19.3 Å². The predicted molar refractivity (Wildman–Crippen MR) is 87.2 cm³/mol. The summed E-state index contributed by atoms with van der Waals surface area (Å²) in [6.07, 6.45) is 8.07. The van der Waals surface area contributed by atoms with E-state index in [2.05, 4.69) is 31.9 Å². The average molecular weight is 278 g/mol. The maximum Gasteiger partial charge on any atom is 0.0586 e. The van der Waals surface area contributed by atoms with Crippen LogP contribution >= 0.6 is 11.6 Å². The Morgan fingerprint density at radius 2 is 1.53 bits per heavy atom. The Bertz CT molecular complexity index is 387. The van der Waals surface area contributed by atoms with Crippen LogP contribution in [0.1, 0.15) is 30.7 Å². The van der Waals surface area contributed by atoms with Crippen LogP contribution in [0.15, 0.2) is 68.3 Å². The summed E-state index contributed by atoms with van der Waals surface area (Å²) < 4.78 is 0. The van der Waals surface area contributed by atoms with Crippen molar-refractivity contribution >= 4 is 11.6 Å². The van der Waals surface area contributed by atoms with Crippen molar-refractivity contribution in [3.8, 4) is 0 Å². The highest BCUT2D eigenvalue weighted by Gasteiger charge is 2.34. The van der Waals surface area contributed by atoms with Crippen LogP contribution in [0.3, 0.4) is 0 Å². The van der Waals surface area contributed by atoms with Crippen molar-refractivity contribution < 1.29 is 0 Å². The molecule has 0 fully saturated rings. The second kappa shape index (κ2) is 8.73. The van der Waals surface area contributed by atoms with Gasteiger partial charge in [0.1, 0.15) is 0 Å². The lowest BCUT2D eigenvalue weighted by Gasteiger charge is -2.34. The Kier molecular flexibility index (Phi) is 8.13. The lowest BCUT2D eigenvalue weighted by Crippen LogP contribution is -2.29. The minimum atomic E-state index is -0.362. The van der Waals surface area contributed by atoms with Crippen molar-refractivity contribution in [2.45, 2.75) is 30.1 Å². The molecule has 0 saturated carbocycles. The SMILES string of the molecule is C=CCC(c1ccccc1)C(Cl)(CC=C)CC=C.N. The van der Waals surface area contributed by atoms with E-state index in [-0.39, 0.29) is 16.9 Å². The number of benzene rings is 1. The minimum Gasteiger partial charge on any atom is -0.344 e. The Morgan fingerprint density at radius 1 is 1.00 bits per heavy atom. The lowest BCUT2D eigenvalue weighted by atomic mass is 9.79. The van der Waals surface area contributed by atoms with Gasteiger partial charge in [-0.2, -0.15) is 0 Å². The number of hydrogen-bond donors (Lipinski definition) is 1. The molecule has 0 spiro atoms. The molecular formula is C17H24ClN. The molecule has 0 aliphatic heterocycles. The predicted octanol–water partition coefficient (Wildman–Crippen LogP) is 5.64. The highest BCUT2D eigenvalue weighted by atomic mass is 35.5. The van der Waals surface area contributed by atoms with Crippen LogP contribution < -0.4 is 6.15 Å². The van der Waals surface area contributed by atoms with Crippen LogP contribution in [0, 0.1) is 0 Å². The molecule has 19 heavy (non-hydrogen) atoms. The molecule has 1 aromatic rings. The average Bonchev–Trinajstić information content (AvgIpc) is 2.37. The first-order valence-corrected chi connectivity index (χ1v) is 6.62. The van der Waals surface area contributed by atoms with Gasteiger partial charge in [-0.25, -0.2) is 0 Å². The molecule has 0 aliphatic rings. The Labute approximate surface area is 122 Å². The van der Waals surface area contributed by atoms with Crippen LogP contribution in [0.5, 0.6) is 0 Å². The summed E-state index contributed by atoms with van der Waals surface area (Å²) in [7, 11) is 0. The van der Waals surface area contributed by atoms with Gasteiger partial charge in [-0.15, -0.1) is 31.3 Å². The molecule has 0 heterocycles. The topological polar surface area (TPSA) is 35.0 Å². The van der Waals surface area contributed by atoms with E-state index in [1.807, 2.05) is 36.4 Å². The van der Waals surface area contributed by atoms with Gasteiger partial charge in [0.15, 0.2) is 0 Å². The number of hydrogen-bond acceptors (Lipinski definition) is 1. The molecule has 1 unspecified atom stereocenters. The van der Waals surface area contributed by atoms with Gasteiger partial charge < -0.3 is 6.15 Å². The highest BCUT2D eigenvalue weighted by molar-refractivity contribution is 6.24. The molecule has 0 bridgehead atoms. The Balaban J connectivity index is 0.00000324. The third kappa shape index (κ3) is 4.70. The van der Waals surface area contributed by atoms with E-state index in [0.29, 0.717) is 0 Å². The van der Waals surface area contributed by atoms with Crippen LogP contribution in [0.25, 0.3) is 0 Å². The smallest absolute Gasteiger partial charge is 0.0586 e. The fourth-order valence-electron chi connectivity index (χ4n) is 2.35. The molecular weight excluding hydrogens is 254 g/mol. The van der Waals surface area contributed by atoms with E-state index in [9.17, 15) is 0 Å². The number of allylic oxidation sites excluding steroid dienone is 3. The maximum absolute atomic E-state index is 6.83. The van der Waals surface area contributed by atoms with Gasteiger partial charge in [0.05, 0.1) is 4.87 Å². The van der Waals surface area contributed by atoms with E-state index < -0.39 is 0 Å². The standard InChI is InChI=1S/C17H21Cl.H3N/c1-4-10-16(15-11-8-7-9-12-15)17(18,13-5-2)14-6-3;/h4-9,11-12,16H,1-3,10,13-14H2;1H3. The van der Waals surface area contributed by atoms with Gasteiger partial charge in [0.25, 0.3) is 0 Å². The molecule has 0 aliphatic carbocycles. The quantitative estimate of drug-likeness (QED) is 0.484. The third-order valence-corrected chi connectivity index (χ3v) is 3.77. The van der Waals surface area contributed by atoms with Gasteiger partial charge >= 0.3 is 0 Å². The summed E-state index contributed by atoms with van der Waals surface area (Å²) in [4.78, 5) is -0.362. The second-order valence-corrected chi connectivity index (χ2v) is 5.26. The van der Waals surface area contributed by atoms with Gasteiger partial charge in [0.2, 0.25) is 0 Å². The number of alkyl halides is 1. The molecule has 0 aromatic heterocycles. The zero-order valence-electron chi connectivity index (χ0n) is 11.5. The first-order valence-electron chi connectivity index (χ1n) is 6.24. The number of halogens is 1. The summed E-state index contributed by atoms with van der Waals surface area (Å²) in [6.45, 7) is 11.5. The zero-order valence-corrected chi connectivity index (χ0v) is 12.3. The van der Waals surface area contributed by atoms with Crippen LogP contribution in [0.2, 0.25) is 0 Å². The summed E-state index contributed by atoms with van der Waals surface area (Å²) in [6, 6.07) is 10.4. The first kappa shape index (κ1) is 17.7. The van der Waals surface area contributed by atoms with Crippen molar-refractivity contribution in [2.24, 2.45) is 0 Å². The van der Waals surface area contributed by atoms with E-state index in [4.69, 9.17) is 11.6 Å².